The molecule has 2 fully saturated rings. The molecule has 0 unspecified atom stereocenters. The molecule has 0 radical (unpaired) electrons. The Balaban J connectivity index is 1.52. The number of likely N-dealkylation sites (tertiary alicyclic amines) is 1. The highest BCUT2D eigenvalue weighted by molar-refractivity contribution is 5.95. The lowest BCUT2D eigenvalue weighted by atomic mass is 9.96. The number of amides is 3. The summed E-state index contributed by atoms with van der Waals surface area (Å²) in [5.74, 6) is 0.143. The van der Waals surface area contributed by atoms with E-state index in [9.17, 15) is 14.4 Å². The molecular formula is C18H23N3O4. The fraction of sp³-hybridized carbons (Fsp3) is 0.500. The summed E-state index contributed by atoms with van der Waals surface area (Å²) in [6.07, 6.45) is 2.65. The van der Waals surface area contributed by atoms with E-state index in [0.29, 0.717) is 38.1 Å². The molecule has 1 aromatic carbocycles. The largest absolute Gasteiger partial charge is 0.484 e. The van der Waals surface area contributed by atoms with Crippen LogP contribution in [0.4, 0.5) is 5.69 Å². The van der Waals surface area contributed by atoms with Gasteiger partial charge < -0.3 is 20.3 Å². The van der Waals surface area contributed by atoms with Gasteiger partial charge in [-0.2, -0.15) is 0 Å². The fourth-order valence-electron chi connectivity index (χ4n) is 3.31. The number of ether oxygens (including phenoxy) is 1. The van der Waals surface area contributed by atoms with E-state index in [1.54, 1.807) is 21.9 Å². The van der Waals surface area contributed by atoms with Gasteiger partial charge >= 0.3 is 0 Å². The number of carbonyl (C=O) groups excluding carboxylic acids is 3. The molecule has 7 nitrogen and oxygen atoms in total. The third-order valence-corrected chi connectivity index (χ3v) is 4.82. The van der Waals surface area contributed by atoms with Crippen molar-refractivity contribution in [1.29, 1.82) is 0 Å². The highest BCUT2D eigenvalue weighted by Gasteiger charge is 2.26. The Morgan fingerprint density at radius 1 is 1.20 bits per heavy atom. The monoisotopic (exact) mass is 345 g/mol. The van der Waals surface area contributed by atoms with Gasteiger partial charge in [-0.15, -0.1) is 0 Å². The van der Waals surface area contributed by atoms with Crippen molar-refractivity contribution in [3.63, 3.8) is 0 Å². The van der Waals surface area contributed by atoms with Gasteiger partial charge in [-0.25, -0.2) is 0 Å². The molecule has 2 aliphatic heterocycles. The van der Waals surface area contributed by atoms with Gasteiger partial charge in [0.25, 0.3) is 5.91 Å². The van der Waals surface area contributed by atoms with Crippen LogP contribution in [0.3, 0.4) is 0 Å². The van der Waals surface area contributed by atoms with Gasteiger partial charge in [-0.3, -0.25) is 14.4 Å². The Kier molecular flexibility index (Phi) is 5.21. The van der Waals surface area contributed by atoms with Crippen molar-refractivity contribution in [2.24, 2.45) is 11.7 Å². The van der Waals surface area contributed by atoms with Gasteiger partial charge in [-0.1, -0.05) is 6.07 Å². The summed E-state index contributed by atoms with van der Waals surface area (Å²) in [5.41, 5.74) is 6.10. The number of benzene rings is 1. The van der Waals surface area contributed by atoms with Gasteiger partial charge in [0.15, 0.2) is 6.61 Å². The molecule has 134 valence electrons. The van der Waals surface area contributed by atoms with Crippen molar-refractivity contribution < 1.29 is 19.1 Å². The maximum atomic E-state index is 12.3. The molecule has 2 saturated heterocycles. The van der Waals surface area contributed by atoms with Gasteiger partial charge in [-0.05, 0) is 31.4 Å². The minimum Gasteiger partial charge on any atom is -0.484 e. The molecule has 0 spiro atoms. The Hall–Kier alpha value is -2.57. The molecule has 0 saturated carbocycles. The second-order valence-electron chi connectivity index (χ2n) is 6.49. The van der Waals surface area contributed by atoms with Crippen molar-refractivity contribution in [3.8, 4) is 5.75 Å². The SMILES string of the molecule is NC(=O)C1CCN(C(=O)COc2cccc(N3CCCC3=O)c2)CC1. The summed E-state index contributed by atoms with van der Waals surface area (Å²) >= 11 is 0. The van der Waals surface area contributed by atoms with E-state index in [-0.39, 0.29) is 30.2 Å². The van der Waals surface area contributed by atoms with Crippen LogP contribution in [0, 0.1) is 5.92 Å². The lowest BCUT2D eigenvalue weighted by molar-refractivity contribution is -0.136. The summed E-state index contributed by atoms with van der Waals surface area (Å²) in [6.45, 7) is 1.71. The molecule has 2 heterocycles. The summed E-state index contributed by atoms with van der Waals surface area (Å²) in [4.78, 5) is 38.7. The predicted octanol–water partition coefficient (Wildman–Crippen LogP) is 0.916. The quantitative estimate of drug-likeness (QED) is 0.859. The molecule has 2 aliphatic rings. The molecule has 0 atom stereocenters. The Morgan fingerprint density at radius 3 is 2.60 bits per heavy atom. The minimum atomic E-state index is -0.295. The van der Waals surface area contributed by atoms with E-state index in [1.807, 2.05) is 12.1 Å². The van der Waals surface area contributed by atoms with Crippen LogP contribution in [0.25, 0.3) is 0 Å². The van der Waals surface area contributed by atoms with E-state index >= 15 is 0 Å². The van der Waals surface area contributed by atoms with Crippen molar-refractivity contribution in [2.45, 2.75) is 25.7 Å². The van der Waals surface area contributed by atoms with Gasteiger partial charge in [0.2, 0.25) is 11.8 Å². The van der Waals surface area contributed by atoms with Crippen molar-refractivity contribution in [2.75, 3.05) is 31.1 Å². The molecule has 0 bridgehead atoms. The second-order valence-corrected chi connectivity index (χ2v) is 6.49. The Bertz CT molecular complexity index is 668. The van der Waals surface area contributed by atoms with Crippen molar-refractivity contribution in [1.82, 2.24) is 4.90 Å². The number of hydrogen-bond acceptors (Lipinski definition) is 4. The molecule has 7 heteroatoms. The number of hydrogen-bond donors (Lipinski definition) is 1. The van der Waals surface area contributed by atoms with Gasteiger partial charge in [0, 0.05) is 43.7 Å². The summed E-state index contributed by atoms with van der Waals surface area (Å²) < 4.78 is 5.61. The van der Waals surface area contributed by atoms with Crippen LogP contribution in [0.2, 0.25) is 0 Å². The van der Waals surface area contributed by atoms with Crippen LogP contribution in [-0.2, 0) is 14.4 Å². The second kappa shape index (κ2) is 7.55. The number of nitrogens with two attached hydrogens (primary N) is 1. The molecule has 2 N–H and O–H groups in total. The lowest BCUT2D eigenvalue weighted by Gasteiger charge is -2.30. The number of anilines is 1. The first-order valence-corrected chi connectivity index (χ1v) is 8.65. The molecule has 25 heavy (non-hydrogen) atoms. The minimum absolute atomic E-state index is 0.0569. The summed E-state index contributed by atoms with van der Waals surface area (Å²) in [7, 11) is 0. The number of nitrogens with zero attached hydrogens (tertiary/aromatic N) is 2. The van der Waals surface area contributed by atoms with Crippen molar-refractivity contribution >= 4 is 23.4 Å². The standard InChI is InChI=1S/C18H23N3O4/c19-18(24)13-6-9-20(10-7-13)17(23)12-25-15-4-1-3-14(11-15)21-8-2-5-16(21)22/h1,3-4,11,13H,2,5-10,12H2,(H2,19,24). The zero-order chi connectivity index (χ0) is 17.8. The van der Waals surface area contributed by atoms with E-state index in [1.165, 1.54) is 0 Å². The van der Waals surface area contributed by atoms with Crippen LogP contribution in [0.5, 0.6) is 5.75 Å². The van der Waals surface area contributed by atoms with Crippen LogP contribution in [-0.4, -0.2) is 48.9 Å². The van der Waals surface area contributed by atoms with E-state index in [4.69, 9.17) is 10.5 Å². The van der Waals surface area contributed by atoms with E-state index in [2.05, 4.69) is 0 Å². The average molecular weight is 345 g/mol. The van der Waals surface area contributed by atoms with Crippen molar-refractivity contribution in [3.05, 3.63) is 24.3 Å². The lowest BCUT2D eigenvalue weighted by Crippen LogP contribution is -2.43. The first-order chi connectivity index (χ1) is 12.0. The third kappa shape index (κ3) is 4.10. The molecule has 3 amide bonds. The summed E-state index contributed by atoms with van der Waals surface area (Å²) in [6, 6.07) is 7.25. The third-order valence-electron chi connectivity index (χ3n) is 4.82. The first kappa shape index (κ1) is 17.3. The van der Waals surface area contributed by atoms with E-state index in [0.717, 1.165) is 18.7 Å². The molecule has 1 aromatic rings. The smallest absolute Gasteiger partial charge is 0.260 e. The maximum absolute atomic E-state index is 12.3. The molecule has 0 aliphatic carbocycles. The Morgan fingerprint density at radius 2 is 1.96 bits per heavy atom. The predicted molar refractivity (Wildman–Crippen MR) is 92.0 cm³/mol. The number of primary amides is 1. The van der Waals surface area contributed by atoms with Crippen LogP contribution in [0.1, 0.15) is 25.7 Å². The zero-order valence-electron chi connectivity index (χ0n) is 14.1. The maximum Gasteiger partial charge on any atom is 0.260 e. The number of piperidine rings is 1. The molecule has 3 rings (SSSR count). The van der Waals surface area contributed by atoms with Crippen LogP contribution >= 0.6 is 0 Å². The fourth-order valence-corrected chi connectivity index (χ4v) is 3.31. The number of rotatable bonds is 5. The van der Waals surface area contributed by atoms with Crippen LogP contribution in [0.15, 0.2) is 24.3 Å². The summed E-state index contributed by atoms with van der Waals surface area (Å²) in [5, 5.41) is 0. The zero-order valence-corrected chi connectivity index (χ0v) is 14.1. The molecule has 0 aromatic heterocycles. The topological polar surface area (TPSA) is 92.9 Å². The van der Waals surface area contributed by atoms with E-state index < -0.39 is 0 Å². The molecular weight excluding hydrogens is 322 g/mol. The normalized spacial score (nSPS) is 18.5. The first-order valence-electron chi connectivity index (χ1n) is 8.65. The highest BCUT2D eigenvalue weighted by atomic mass is 16.5. The van der Waals surface area contributed by atoms with Gasteiger partial charge in [0.1, 0.15) is 5.75 Å². The number of carbonyl (C=O) groups is 3. The Labute approximate surface area is 146 Å². The highest BCUT2D eigenvalue weighted by Crippen LogP contribution is 2.25. The average Bonchev–Trinajstić information content (AvgIpc) is 3.06. The van der Waals surface area contributed by atoms with Gasteiger partial charge in [0.05, 0.1) is 0 Å². The van der Waals surface area contributed by atoms with Crippen LogP contribution < -0.4 is 15.4 Å².